The van der Waals surface area contributed by atoms with E-state index in [-0.39, 0.29) is 0 Å². The van der Waals surface area contributed by atoms with E-state index in [2.05, 4.69) is 15.5 Å². The van der Waals surface area contributed by atoms with E-state index in [0.29, 0.717) is 17.9 Å². The molecule has 54 valence electrons. The first-order valence-electron chi connectivity index (χ1n) is 3.41. The van der Waals surface area contributed by atoms with Crippen molar-refractivity contribution in [2.45, 2.75) is 25.8 Å². The Morgan fingerprint density at radius 1 is 1.50 bits per heavy atom. The molecular weight excluding hydrogens is 130 g/mol. The zero-order valence-electron chi connectivity index (χ0n) is 5.79. The molecular formula is C6H9N3O. The summed E-state index contributed by atoms with van der Waals surface area (Å²) < 4.78 is 5.10. The van der Waals surface area contributed by atoms with Crippen molar-refractivity contribution in [3.63, 3.8) is 0 Å². The van der Waals surface area contributed by atoms with Crippen LogP contribution in [0.25, 0.3) is 0 Å². The van der Waals surface area contributed by atoms with Gasteiger partial charge in [-0.15, -0.1) is 5.10 Å². The van der Waals surface area contributed by atoms with E-state index in [0.717, 1.165) is 0 Å². The Labute approximate surface area is 58.6 Å². The molecule has 0 aliphatic heterocycles. The molecule has 0 aromatic carbocycles. The van der Waals surface area contributed by atoms with Gasteiger partial charge in [0.25, 0.3) is 0 Å². The lowest BCUT2D eigenvalue weighted by molar-refractivity contribution is 0.530. The van der Waals surface area contributed by atoms with Crippen LogP contribution in [0.4, 0.5) is 6.01 Å². The number of hydrogen-bond donors (Lipinski definition) is 1. The minimum atomic E-state index is 0.556. The third-order valence-electron chi connectivity index (χ3n) is 1.43. The van der Waals surface area contributed by atoms with E-state index in [4.69, 9.17) is 4.42 Å². The number of nitrogens with one attached hydrogen (secondary N) is 1. The summed E-state index contributed by atoms with van der Waals surface area (Å²) in [5.74, 6) is 0.614. The minimum absolute atomic E-state index is 0.556. The molecule has 0 amide bonds. The summed E-state index contributed by atoms with van der Waals surface area (Å²) >= 11 is 0. The molecule has 4 nitrogen and oxygen atoms in total. The van der Waals surface area contributed by atoms with E-state index in [1.807, 2.05) is 0 Å². The molecule has 0 atom stereocenters. The molecule has 1 N–H and O–H groups in total. The second kappa shape index (κ2) is 1.97. The molecule has 1 aromatic rings. The van der Waals surface area contributed by atoms with Crippen molar-refractivity contribution >= 4 is 6.01 Å². The predicted octanol–water partition coefficient (Wildman–Crippen LogP) is 0.952. The van der Waals surface area contributed by atoms with E-state index < -0.39 is 0 Å². The zero-order chi connectivity index (χ0) is 6.97. The summed E-state index contributed by atoms with van der Waals surface area (Å²) in [6, 6.07) is 1.14. The van der Waals surface area contributed by atoms with Gasteiger partial charge in [-0.25, -0.2) is 0 Å². The van der Waals surface area contributed by atoms with Crippen LogP contribution in [0.15, 0.2) is 4.42 Å². The van der Waals surface area contributed by atoms with Gasteiger partial charge in [-0.05, 0) is 12.8 Å². The molecule has 1 heterocycles. The summed E-state index contributed by atoms with van der Waals surface area (Å²) in [5.41, 5.74) is 0. The highest BCUT2D eigenvalue weighted by atomic mass is 16.4. The fourth-order valence-electron chi connectivity index (χ4n) is 0.757. The number of rotatable bonds is 2. The fraction of sp³-hybridized carbons (Fsp3) is 0.667. The topological polar surface area (TPSA) is 51.0 Å². The Balaban J connectivity index is 2.03. The Bertz CT molecular complexity index is 229. The standard InChI is InChI=1S/C6H9N3O/c1-4-8-9-6(10-4)7-5-2-3-5/h5H,2-3H2,1H3,(H,7,9). The molecule has 1 fully saturated rings. The summed E-state index contributed by atoms with van der Waals surface area (Å²) in [7, 11) is 0. The van der Waals surface area contributed by atoms with E-state index in [9.17, 15) is 0 Å². The van der Waals surface area contributed by atoms with Crippen LogP contribution in [0.3, 0.4) is 0 Å². The Kier molecular flexibility index (Phi) is 1.12. The maximum Gasteiger partial charge on any atom is 0.315 e. The van der Waals surface area contributed by atoms with Crippen molar-refractivity contribution in [3.05, 3.63) is 5.89 Å². The minimum Gasteiger partial charge on any atom is -0.408 e. The lowest BCUT2D eigenvalue weighted by Crippen LogP contribution is -2.00. The average Bonchev–Trinajstić information content (AvgIpc) is 2.59. The van der Waals surface area contributed by atoms with Gasteiger partial charge in [-0.3, -0.25) is 0 Å². The maximum atomic E-state index is 5.10. The van der Waals surface area contributed by atoms with Gasteiger partial charge in [0.05, 0.1) is 0 Å². The third-order valence-corrected chi connectivity index (χ3v) is 1.43. The van der Waals surface area contributed by atoms with Crippen LogP contribution in [0.5, 0.6) is 0 Å². The first-order chi connectivity index (χ1) is 4.84. The van der Waals surface area contributed by atoms with Crippen molar-refractivity contribution in [1.29, 1.82) is 0 Å². The third kappa shape index (κ3) is 1.10. The highest BCUT2D eigenvalue weighted by Gasteiger charge is 2.22. The van der Waals surface area contributed by atoms with Gasteiger partial charge in [-0.1, -0.05) is 5.10 Å². The highest BCUT2D eigenvalue weighted by Crippen LogP contribution is 2.23. The van der Waals surface area contributed by atoms with Crippen molar-refractivity contribution in [2.75, 3.05) is 5.32 Å². The van der Waals surface area contributed by atoms with Crippen molar-refractivity contribution in [1.82, 2.24) is 10.2 Å². The molecule has 2 rings (SSSR count). The fourth-order valence-corrected chi connectivity index (χ4v) is 0.757. The van der Waals surface area contributed by atoms with Crippen LogP contribution in [0, 0.1) is 6.92 Å². The SMILES string of the molecule is Cc1nnc(NC2CC2)o1. The molecule has 0 unspecified atom stereocenters. The van der Waals surface area contributed by atoms with Crippen LogP contribution >= 0.6 is 0 Å². The number of aryl methyl sites for hydroxylation is 1. The van der Waals surface area contributed by atoms with Gasteiger partial charge >= 0.3 is 6.01 Å². The number of aromatic nitrogens is 2. The molecule has 0 radical (unpaired) electrons. The smallest absolute Gasteiger partial charge is 0.315 e. The van der Waals surface area contributed by atoms with Gasteiger partial charge in [-0.2, -0.15) is 0 Å². The summed E-state index contributed by atoms with van der Waals surface area (Å²) in [5, 5.41) is 10.6. The molecule has 1 aromatic heterocycles. The molecule has 0 bridgehead atoms. The largest absolute Gasteiger partial charge is 0.408 e. The van der Waals surface area contributed by atoms with Crippen LogP contribution in [-0.2, 0) is 0 Å². The van der Waals surface area contributed by atoms with Crippen LogP contribution < -0.4 is 5.32 Å². The monoisotopic (exact) mass is 139 g/mol. The summed E-state index contributed by atoms with van der Waals surface area (Å²) in [6.45, 7) is 1.78. The first kappa shape index (κ1) is 5.70. The van der Waals surface area contributed by atoms with Crippen LogP contribution in [0.1, 0.15) is 18.7 Å². The second-order valence-electron chi connectivity index (χ2n) is 2.54. The van der Waals surface area contributed by atoms with Gasteiger partial charge in [0.2, 0.25) is 5.89 Å². The summed E-state index contributed by atoms with van der Waals surface area (Å²) in [6.07, 6.45) is 2.45. The quantitative estimate of drug-likeness (QED) is 0.662. The number of nitrogens with zero attached hydrogens (tertiary/aromatic N) is 2. The van der Waals surface area contributed by atoms with Crippen molar-refractivity contribution < 1.29 is 4.42 Å². The van der Waals surface area contributed by atoms with Crippen LogP contribution in [0.2, 0.25) is 0 Å². The average molecular weight is 139 g/mol. The van der Waals surface area contributed by atoms with E-state index in [1.165, 1.54) is 12.8 Å². The molecule has 1 saturated carbocycles. The predicted molar refractivity (Wildman–Crippen MR) is 35.7 cm³/mol. The first-order valence-corrected chi connectivity index (χ1v) is 3.41. The van der Waals surface area contributed by atoms with Crippen LogP contribution in [-0.4, -0.2) is 16.2 Å². The molecule has 4 heteroatoms. The Hall–Kier alpha value is -1.06. The highest BCUT2D eigenvalue weighted by molar-refractivity contribution is 5.22. The van der Waals surface area contributed by atoms with E-state index in [1.54, 1.807) is 6.92 Å². The molecule has 1 aliphatic carbocycles. The number of anilines is 1. The molecule has 0 spiro atoms. The van der Waals surface area contributed by atoms with Gasteiger partial charge in [0.1, 0.15) is 0 Å². The summed E-state index contributed by atoms with van der Waals surface area (Å²) in [4.78, 5) is 0. The lowest BCUT2D eigenvalue weighted by atomic mass is 10.7. The normalized spacial score (nSPS) is 17.3. The van der Waals surface area contributed by atoms with Crippen molar-refractivity contribution in [2.24, 2.45) is 0 Å². The van der Waals surface area contributed by atoms with Crippen molar-refractivity contribution in [3.8, 4) is 0 Å². The number of hydrogen-bond acceptors (Lipinski definition) is 4. The molecule has 0 saturated heterocycles. The zero-order valence-corrected chi connectivity index (χ0v) is 5.79. The molecule has 10 heavy (non-hydrogen) atoms. The second-order valence-corrected chi connectivity index (χ2v) is 2.54. The maximum absolute atomic E-state index is 5.10. The van der Waals surface area contributed by atoms with Gasteiger partial charge in [0.15, 0.2) is 0 Å². The lowest BCUT2D eigenvalue weighted by Gasteiger charge is -1.92. The Morgan fingerprint density at radius 3 is 2.80 bits per heavy atom. The Morgan fingerprint density at radius 2 is 2.30 bits per heavy atom. The van der Waals surface area contributed by atoms with Gasteiger partial charge in [0, 0.05) is 13.0 Å². The molecule has 1 aliphatic rings. The van der Waals surface area contributed by atoms with E-state index >= 15 is 0 Å². The van der Waals surface area contributed by atoms with Gasteiger partial charge < -0.3 is 9.73 Å².